The Morgan fingerprint density at radius 1 is 1.45 bits per heavy atom. The van der Waals surface area contributed by atoms with Gasteiger partial charge in [-0.05, 0) is 6.07 Å². The third-order valence-electron chi connectivity index (χ3n) is 3.20. The van der Waals surface area contributed by atoms with Crippen LogP contribution in [0.3, 0.4) is 0 Å². The van der Waals surface area contributed by atoms with Crippen LogP contribution in [-0.2, 0) is 9.59 Å². The average molecular weight is 278 g/mol. The highest BCUT2D eigenvalue weighted by atomic mass is 16.5. The molecule has 108 valence electrons. The summed E-state index contributed by atoms with van der Waals surface area (Å²) in [5, 5.41) is 14.7. The molecule has 20 heavy (non-hydrogen) atoms. The molecular formula is C14H18N2O4. The zero-order chi connectivity index (χ0) is 14.5. The van der Waals surface area contributed by atoms with E-state index in [1.165, 1.54) is 6.92 Å². The van der Waals surface area contributed by atoms with Crippen LogP contribution in [0.4, 0.5) is 0 Å². The number of carbonyl (C=O) groups is 2. The number of carbonyl (C=O) groups excluding carboxylic acids is 1. The second-order valence-corrected chi connectivity index (χ2v) is 4.73. The summed E-state index contributed by atoms with van der Waals surface area (Å²) in [6.45, 7) is 2.07. The molecule has 0 radical (unpaired) electrons. The van der Waals surface area contributed by atoms with Crippen molar-refractivity contribution in [3.05, 3.63) is 29.8 Å². The minimum atomic E-state index is -1.05. The summed E-state index contributed by atoms with van der Waals surface area (Å²) in [5.41, 5.74) is 1.02. The Morgan fingerprint density at radius 3 is 2.90 bits per heavy atom. The predicted molar refractivity (Wildman–Crippen MR) is 72.5 cm³/mol. The number of nitrogens with one attached hydrogen (secondary N) is 2. The van der Waals surface area contributed by atoms with Gasteiger partial charge in [-0.2, -0.15) is 0 Å². The molecule has 0 bridgehead atoms. The number of hydrogen-bond acceptors (Lipinski definition) is 4. The molecule has 2 atom stereocenters. The van der Waals surface area contributed by atoms with E-state index in [9.17, 15) is 9.59 Å². The zero-order valence-electron chi connectivity index (χ0n) is 11.3. The average Bonchev–Trinajstić information content (AvgIpc) is 2.42. The predicted octanol–water partition coefficient (Wildman–Crippen LogP) is 0.689. The van der Waals surface area contributed by atoms with E-state index in [0.29, 0.717) is 6.61 Å². The van der Waals surface area contributed by atoms with Gasteiger partial charge in [0.2, 0.25) is 5.91 Å². The SMILES string of the molecule is CC(=O)NC(CNC1CCOc2ccccc21)C(=O)O. The van der Waals surface area contributed by atoms with Crippen LogP contribution < -0.4 is 15.4 Å². The van der Waals surface area contributed by atoms with Crippen LogP contribution in [0.25, 0.3) is 0 Å². The molecule has 1 aromatic carbocycles. The van der Waals surface area contributed by atoms with Gasteiger partial charge in [-0.3, -0.25) is 4.79 Å². The molecular weight excluding hydrogens is 260 g/mol. The number of aliphatic carboxylic acids is 1. The van der Waals surface area contributed by atoms with Crippen molar-refractivity contribution in [2.75, 3.05) is 13.2 Å². The lowest BCUT2D eigenvalue weighted by Gasteiger charge is -2.27. The second-order valence-electron chi connectivity index (χ2n) is 4.73. The topological polar surface area (TPSA) is 87.7 Å². The maximum absolute atomic E-state index is 11.1. The molecule has 0 aliphatic carbocycles. The van der Waals surface area contributed by atoms with Crippen molar-refractivity contribution in [3.63, 3.8) is 0 Å². The highest BCUT2D eigenvalue weighted by Crippen LogP contribution is 2.31. The van der Waals surface area contributed by atoms with E-state index in [-0.39, 0.29) is 18.5 Å². The second kappa shape index (κ2) is 6.38. The van der Waals surface area contributed by atoms with Crippen LogP contribution in [0, 0.1) is 0 Å². The number of benzene rings is 1. The van der Waals surface area contributed by atoms with Crippen molar-refractivity contribution in [3.8, 4) is 5.75 Å². The van der Waals surface area contributed by atoms with E-state index in [1.54, 1.807) is 0 Å². The van der Waals surface area contributed by atoms with Gasteiger partial charge in [0.1, 0.15) is 11.8 Å². The molecule has 0 fully saturated rings. The van der Waals surface area contributed by atoms with Crippen molar-refractivity contribution < 1.29 is 19.4 Å². The fourth-order valence-electron chi connectivity index (χ4n) is 2.26. The molecule has 6 heteroatoms. The molecule has 6 nitrogen and oxygen atoms in total. The van der Waals surface area contributed by atoms with E-state index < -0.39 is 12.0 Å². The van der Waals surface area contributed by atoms with Crippen LogP contribution in [-0.4, -0.2) is 36.2 Å². The number of rotatable bonds is 5. The zero-order valence-corrected chi connectivity index (χ0v) is 11.3. The molecule has 0 saturated heterocycles. The van der Waals surface area contributed by atoms with E-state index >= 15 is 0 Å². The van der Waals surface area contributed by atoms with Gasteiger partial charge >= 0.3 is 5.97 Å². The maximum atomic E-state index is 11.1. The van der Waals surface area contributed by atoms with Crippen LogP contribution in [0.15, 0.2) is 24.3 Å². The van der Waals surface area contributed by atoms with Gasteiger partial charge in [-0.25, -0.2) is 4.79 Å². The molecule has 2 unspecified atom stereocenters. The Labute approximate surface area is 117 Å². The lowest BCUT2D eigenvalue weighted by Crippen LogP contribution is -2.47. The Bertz CT molecular complexity index is 504. The molecule has 2 rings (SSSR count). The summed E-state index contributed by atoms with van der Waals surface area (Å²) in [7, 11) is 0. The molecule has 0 spiro atoms. The van der Waals surface area contributed by atoms with Gasteiger partial charge < -0.3 is 20.5 Å². The number of ether oxygens (including phenoxy) is 1. The molecule has 3 N–H and O–H groups in total. The van der Waals surface area contributed by atoms with Gasteiger partial charge in [0.15, 0.2) is 0 Å². The first-order chi connectivity index (χ1) is 9.58. The summed E-state index contributed by atoms with van der Waals surface area (Å²) in [6, 6.07) is 6.79. The van der Waals surface area contributed by atoms with Crippen LogP contribution in [0.1, 0.15) is 24.9 Å². The van der Waals surface area contributed by atoms with Gasteiger partial charge in [-0.15, -0.1) is 0 Å². The Kier molecular flexibility index (Phi) is 4.57. The summed E-state index contributed by atoms with van der Waals surface area (Å²) >= 11 is 0. The first-order valence-electron chi connectivity index (χ1n) is 6.53. The molecule has 1 amide bonds. The quantitative estimate of drug-likeness (QED) is 0.737. The Balaban J connectivity index is 2.00. The molecule has 0 aromatic heterocycles. The van der Waals surface area contributed by atoms with Gasteiger partial charge in [0.05, 0.1) is 6.61 Å². The fraction of sp³-hybridized carbons (Fsp3) is 0.429. The molecule has 1 aliphatic heterocycles. The Morgan fingerprint density at radius 2 is 2.20 bits per heavy atom. The van der Waals surface area contributed by atoms with Gasteiger partial charge in [-0.1, -0.05) is 18.2 Å². The first kappa shape index (κ1) is 14.3. The van der Waals surface area contributed by atoms with Crippen molar-refractivity contribution in [2.24, 2.45) is 0 Å². The van der Waals surface area contributed by atoms with E-state index in [2.05, 4.69) is 10.6 Å². The fourth-order valence-corrected chi connectivity index (χ4v) is 2.26. The first-order valence-corrected chi connectivity index (χ1v) is 6.53. The number of amides is 1. The molecule has 0 saturated carbocycles. The number of carboxylic acids is 1. The third-order valence-corrected chi connectivity index (χ3v) is 3.20. The summed E-state index contributed by atoms with van der Waals surface area (Å²) < 4.78 is 5.55. The van der Waals surface area contributed by atoms with Crippen molar-refractivity contribution in [1.29, 1.82) is 0 Å². The van der Waals surface area contributed by atoms with Crippen LogP contribution >= 0.6 is 0 Å². The largest absolute Gasteiger partial charge is 0.493 e. The highest BCUT2D eigenvalue weighted by molar-refractivity contribution is 5.82. The normalized spacial score (nSPS) is 18.6. The number of hydrogen-bond donors (Lipinski definition) is 3. The number of para-hydroxylation sites is 1. The highest BCUT2D eigenvalue weighted by Gasteiger charge is 2.24. The van der Waals surface area contributed by atoms with E-state index in [4.69, 9.17) is 9.84 Å². The standard InChI is InChI=1S/C14H18N2O4/c1-9(17)16-12(14(18)19)8-15-11-6-7-20-13-5-3-2-4-10(11)13/h2-5,11-12,15H,6-8H2,1H3,(H,16,17)(H,18,19). The van der Waals surface area contributed by atoms with Crippen molar-refractivity contribution >= 4 is 11.9 Å². The van der Waals surface area contributed by atoms with Gasteiger partial charge in [0, 0.05) is 31.5 Å². The van der Waals surface area contributed by atoms with E-state index in [1.807, 2.05) is 24.3 Å². The van der Waals surface area contributed by atoms with Crippen molar-refractivity contribution in [2.45, 2.75) is 25.4 Å². The van der Waals surface area contributed by atoms with Crippen LogP contribution in [0.5, 0.6) is 5.75 Å². The summed E-state index contributed by atoms with van der Waals surface area (Å²) in [6.07, 6.45) is 0.767. The number of fused-ring (bicyclic) bond motifs is 1. The van der Waals surface area contributed by atoms with E-state index in [0.717, 1.165) is 17.7 Å². The lowest BCUT2D eigenvalue weighted by atomic mass is 10.0. The monoisotopic (exact) mass is 278 g/mol. The van der Waals surface area contributed by atoms with Gasteiger partial charge in [0.25, 0.3) is 0 Å². The summed E-state index contributed by atoms with van der Waals surface area (Å²) in [4.78, 5) is 22.1. The lowest BCUT2D eigenvalue weighted by molar-refractivity contribution is -0.141. The molecule has 1 aromatic rings. The smallest absolute Gasteiger partial charge is 0.327 e. The molecule has 1 heterocycles. The minimum absolute atomic E-state index is 0.0376. The van der Waals surface area contributed by atoms with Crippen LogP contribution in [0.2, 0.25) is 0 Å². The Hall–Kier alpha value is -2.08. The number of carboxylic acid groups (broad SMARTS) is 1. The van der Waals surface area contributed by atoms with Crippen molar-refractivity contribution in [1.82, 2.24) is 10.6 Å². The minimum Gasteiger partial charge on any atom is -0.493 e. The maximum Gasteiger partial charge on any atom is 0.327 e. The molecule has 1 aliphatic rings. The summed E-state index contributed by atoms with van der Waals surface area (Å²) in [5.74, 6) is -0.581. The third kappa shape index (κ3) is 3.48.